The Balaban J connectivity index is 1.48. The highest BCUT2D eigenvalue weighted by molar-refractivity contribution is 5.94. The van der Waals surface area contributed by atoms with Crippen molar-refractivity contribution < 1.29 is 9.59 Å². The molecule has 5 nitrogen and oxygen atoms in total. The number of hydrogen-bond donors (Lipinski definition) is 1. The van der Waals surface area contributed by atoms with Crippen molar-refractivity contribution in [1.29, 1.82) is 0 Å². The molecule has 1 aromatic carbocycles. The zero-order valence-corrected chi connectivity index (χ0v) is 14.4. The van der Waals surface area contributed by atoms with Crippen molar-refractivity contribution in [3.63, 3.8) is 0 Å². The van der Waals surface area contributed by atoms with Gasteiger partial charge in [-0.15, -0.1) is 0 Å². The molecule has 0 radical (unpaired) electrons. The molecule has 1 aliphatic carbocycles. The average molecular weight is 329 g/mol. The Hall–Kier alpha value is -1.88. The molecule has 3 rings (SSSR count). The van der Waals surface area contributed by atoms with Gasteiger partial charge in [-0.25, -0.2) is 0 Å². The normalized spacial score (nSPS) is 20.8. The fourth-order valence-electron chi connectivity index (χ4n) is 3.69. The number of hydrogen-bond acceptors (Lipinski definition) is 3. The van der Waals surface area contributed by atoms with E-state index in [-0.39, 0.29) is 17.9 Å². The largest absolute Gasteiger partial charge is 0.340 e. The van der Waals surface area contributed by atoms with Gasteiger partial charge in [0.05, 0.1) is 6.04 Å². The molecule has 2 amide bonds. The molecule has 1 N–H and O–H groups in total. The van der Waals surface area contributed by atoms with E-state index >= 15 is 0 Å². The van der Waals surface area contributed by atoms with Crippen molar-refractivity contribution in [3.05, 3.63) is 30.3 Å². The van der Waals surface area contributed by atoms with Gasteiger partial charge < -0.3 is 10.2 Å². The van der Waals surface area contributed by atoms with Crippen LogP contribution >= 0.6 is 0 Å². The molecule has 24 heavy (non-hydrogen) atoms. The highest BCUT2D eigenvalue weighted by atomic mass is 16.2. The van der Waals surface area contributed by atoms with Crippen LogP contribution in [-0.2, 0) is 9.59 Å². The number of amides is 2. The SMILES string of the molecule is CC(C(=O)Nc1ccccc1)N1CCN(C(=O)C2CCCC2)CC1. The highest BCUT2D eigenvalue weighted by Gasteiger charge is 2.31. The Labute approximate surface area is 144 Å². The molecule has 1 atom stereocenters. The lowest BCUT2D eigenvalue weighted by atomic mass is 10.1. The van der Waals surface area contributed by atoms with Crippen molar-refractivity contribution >= 4 is 17.5 Å². The minimum absolute atomic E-state index is 0.0109. The molecule has 1 aliphatic heterocycles. The second-order valence-electron chi connectivity index (χ2n) is 6.87. The molecule has 2 aliphatic rings. The summed E-state index contributed by atoms with van der Waals surface area (Å²) in [7, 11) is 0. The molecule has 0 bridgehead atoms. The number of nitrogens with one attached hydrogen (secondary N) is 1. The van der Waals surface area contributed by atoms with Crippen LogP contribution in [0.5, 0.6) is 0 Å². The second kappa shape index (κ2) is 7.79. The number of benzene rings is 1. The first-order valence-electron chi connectivity index (χ1n) is 9.04. The van der Waals surface area contributed by atoms with E-state index in [1.54, 1.807) is 0 Å². The second-order valence-corrected chi connectivity index (χ2v) is 6.87. The van der Waals surface area contributed by atoms with Crippen LogP contribution in [0.1, 0.15) is 32.6 Å². The zero-order chi connectivity index (χ0) is 16.9. The third-order valence-electron chi connectivity index (χ3n) is 5.30. The Kier molecular flexibility index (Phi) is 5.51. The van der Waals surface area contributed by atoms with Gasteiger partial charge in [-0.3, -0.25) is 14.5 Å². The van der Waals surface area contributed by atoms with E-state index in [0.717, 1.165) is 44.7 Å². The highest BCUT2D eigenvalue weighted by Crippen LogP contribution is 2.27. The summed E-state index contributed by atoms with van der Waals surface area (Å²) >= 11 is 0. The van der Waals surface area contributed by atoms with Crippen LogP contribution in [0.3, 0.4) is 0 Å². The maximum Gasteiger partial charge on any atom is 0.241 e. The molecule has 0 aromatic heterocycles. The van der Waals surface area contributed by atoms with E-state index in [1.807, 2.05) is 42.2 Å². The summed E-state index contributed by atoms with van der Waals surface area (Å²) in [6.07, 6.45) is 4.48. The molecular weight excluding hydrogens is 302 g/mol. The van der Waals surface area contributed by atoms with E-state index in [9.17, 15) is 9.59 Å². The number of para-hydroxylation sites is 1. The van der Waals surface area contributed by atoms with Crippen LogP contribution in [0.4, 0.5) is 5.69 Å². The molecule has 1 aromatic rings. The molecule has 5 heteroatoms. The van der Waals surface area contributed by atoms with Gasteiger partial charge in [0.15, 0.2) is 0 Å². The lowest BCUT2D eigenvalue weighted by molar-refractivity contribution is -0.137. The number of rotatable bonds is 4. The molecule has 1 heterocycles. The van der Waals surface area contributed by atoms with E-state index in [1.165, 1.54) is 12.8 Å². The van der Waals surface area contributed by atoms with Crippen molar-refractivity contribution in [2.75, 3.05) is 31.5 Å². The van der Waals surface area contributed by atoms with Crippen molar-refractivity contribution in [1.82, 2.24) is 9.80 Å². The van der Waals surface area contributed by atoms with E-state index in [0.29, 0.717) is 5.91 Å². The van der Waals surface area contributed by atoms with Gasteiger partial charge in [0.25, 0.3) is 0 Å². The third kappa shape index (κ3) is 3.96. The molecule has 130 valence electrons. The molecule has 1 unspecified atom stereocenters. The third-order valence-corrected chi connectivity index (χ3v) is 5.30. The first-order chi connectivity index (χ1) is 11.6. The van der Waals surface area contributed by atoms with Gasteiger partial charge in [0.2, 0.25) is 11.8 Å². The number of carbonyl (C=O) groups excluding carboxylic acids is 2. The van der Waals surface area contributed by atoms with Gasteiger partial charge >= 0.3 is 0 Å². The number of anilines is 1. The number of nitrogens with zero attached hydrogens (tertiary/aromatic N) is 2. The summed E-state index contributed by atoms with van der Waals surface area (Å²) in [5.41, 5.74) is 0.824. The summed E-state index contributed by atoms with van der Waals surface area (Å²) in [4.78, 5) is 29.0. The van der Waals surface area contributed by atoms with Crippen molar-refractivity contribution in [3.8, 4) is 0 Å². The maximum absolute atomic E-state index is 12.5. The molecule has 1 saturated carbocycles. The van der Waals surface area contributed by atoms with Crippen LogP contribution in [-0.4, -0.2) is 53.8 Å². The Bertz CT molecular complexity index is 561. The topological polar surface area (TPSA) is 52.7 Å². The smallest absolute Gasteiger partial charge is 0.241 e. The van der Waals surface area contributed by atoms with Crippen LogP contribution in [0.25, 0.3) is 0 Å². The van der Waals surface area contributed by atoms with E-state index in [2.05, 4.69) is 10.2 Å². The molecule has 0 spiro atoms. The first kappa shape index (κ1) is 17.0. The van der Waals surface area contributed by atoms with Crippen LogP contribution in [0, 0.1) is 5.92 Å². The van der Waals surface area contributed by atoms with Gasteiger partial charge in [-0.2, -0.15) is 0 Å². The van der Waals surface area contributed by atoms with Gasteiger partial charge in [0.1, 0.15) is 0 Å². The fraction of sp³-hybridized carbons (Fsp3) is 0.579. The summed E-state index contributed by atoms with van der Waals surface area (Å²) < 4.78 is 0. The summed E-state index contributed by atoms with van der Waals surface area (Å²) in [6, 6.07) is 9.35. The van der Waals surface area contributed by atoms with Gasteiger partial charge in [-0.05, 0) is 31.9 Å². The Morgan fingerprint density at radius 2 is 1.67 bits per heavy atom. The maximum atomic E-state index is 12.5. The zero-order valence-electron chi connectivity index (χ0n) is 14.4. The minimum Gasteiger partial charge on any atom is -0.340 e. The van der Waals surface area contributed by atoms with Crippen LogP contribution in [0.2, 0.25) is 0 Å². The molecule has 2 fully saturated rings. The first-order valence-corrected chi connectivity index (χ1v) is 9.04. The van der Waals surface area contributed by atoms with Crippen LogP contribution in [0.15, 0.2) is 30.3 Å². The summed E-state index contributed by atoms with van der Waals surface area (Å²) in [6.45, 7) is 4.94. The average Bonchev–Trinajstić information content (AvgIpc) is 3.16. The van der Waals surface area contributed by atoms with Crippen LogP contribution < -0.4 is 5.32 Å². The Morgan fingerprint density at radius 1 is 1.04 bits per heavy atom. The van der Waals surface area contributed by atoms with Gasteiger partial charge in [-0.1, -0.05) is 31.0 Å². The minimum atomic E-state index is -0.186. The standard InChI is InChI=1S/C19H27N3O2/c1-15(18(23)20-17-9-3-2-4-10-17)21-11-13-22(14-12-21)19(24)16-7-5-6-8-16/h2-4,9-10,15-16H,5-8,11-14H2,1H3,(H,20,23). The van der Waals surface area contributed by atoms with Crippen molar-refractivity contribution in [2.45, 2.75) is 38.6 Å². The lowest BCUT2D eigenvalue weighted by Crippen LogP contribution is -2.54. The van der Waals surface area contributed by atoms with Gasteiger partial charge in [0, 0.05) is 37.8 Å². The fourth-order valence-corrected chi connectivity index (χ4v) is 3.69. The monoisotopic (exact) mass is 329 g/mol. The quantitative estimate of drug-likeness (QED) is 0.922. The van der Waals surface area contributed by atoms with E-state index in [4.69, 9.17) is 0 Å². The summed E-state index contributed by atoms with van der Waals surface area (Å²) in [5, 5.41) is 2.96. The molecular formula is C19H27N3O2. The predicted octanol–water partition coefficient (Wildman–Crippen LogP) is 2.35. The summed E-state index contributed by atoms with van der Waals surface area (Å²) in [5.74, 6) is 0.584. The predicted molar refractivity (Wildman–Crippen MR) is 94.6 cm³/mol. The number of carbonyl (C=O) groups is 2. The number of piperazine rings is 1. The van der Waals surface area contributed by atoms with Crippen molar-refractivity contribution in [2.24, 2.45) is 5.92 Å². The molecule has 1 saturated heterocycles. The Morgan fingerprint density at radius 3 is 2.29 bits per heavy atom. The van der Waals surface area contributed by atoms with E-state index < -0.39 is 0 Å². The lowest BCUT2D eigenvalue weighted by Gasteiger charge is -2.38.